The SMILES string of the molecule is Cc1cc(F)ccc1-c1ccnc(C(=O)N[C@H]2COc3cc(F)cnc3N(C)C2=O)n1. The number of halogens is 2. The summed E-state index contributed by atoms with van der Waals surface area (Å²) in [5.74, 6) is -2.09. The predicted molar refractivity (Wildman–Crippen MR) is 107 cm³/mol. The number of ether oxygens (including phenoxy) is 1. The Morgan fingerprint density at radius 3 is 2.77 bits per heavy atom. The van der Waals surface area contributed by atoms with Crippen molar-refractivity contribution in [3.8, 4) is 17.0 Å². The number of carbonyl (C=O) groups excluding carboxylic acids is 2. The van der Waals surface area contributed by atoms with Crippen LogP contribution in [0.3, 0.4) is 0 Å². The van der Waals surface area contributed by atoms with Gasteiger partial charge >= 0.3 is 0 Å². The van der Waals surface area contributed by atoms with E-state index in [1.54, 1.807) is 19.1 Å². The molecule has 1 aliphatic heterocycles. The third-order valence-electron chi connectivity index (χ3n) is 4.78. The van der Waals surface area contributed by atoms with E-state index in [9.17, 15) is 18.4 Å². The maximum absolute atomic E-state index is 13.5. The van der Waals surface area contributed by atoms with Crippen molar-refractivity contribution in [2.75, 3.05) is 18.6 Å². The first-order valence-electron chi connectivity index (χ1n) is 9.30. The standard InChI is InChI=1S/C21H17F2N5O3/c1-11-7-12(22)3-4-14(11)15-5-6-24-18(26-15)20(29)27-16-10-31-17-8-13(23)9-25-19(17)28(2)21(16)30/h3-9,16H,10H2,1-2H3,(H,27,29)/t16-/m0/s1. The molecule has 4 rings (SSSR count). The van der Waals surface area contributed by atoms with Crippen LogP contribution in [0.5, 0.6) is 5.75 Å². The lowest BCUT2D eigenvalue weighted by Crippen LogP contribution is -2.49. The number of nitrogens with one attached hydrogen (secondary N) is 1. The van der Waals surface area contributed by atoms with Gasteiger partial charge in [0.05, 0.1) is 11.9 Å². The number of anilines is 1. The van der Waals surface area contributed by atoms with Crippen LogP contribution in [0.1, 0.15) is 16.2 Å². The average molecular weight is 425 g/mol. The van der Waals surface area contributed by atoms with Gasteiger partial charge in [-0.2, -0.15) is 0 Å². The molecule has 3 heterocycles. The van der Waals surface area contributed by atoms with E-state index in [2.05, 4.69) is 20.3 Å². The largest absolute Gasteiger partial charge is 0.487 e. The summed E-state index contributed by atoms with van der Waals surface area (Å²) in [6.45, 7) is 1.51. The number of hydrogen-bond acceptors (Lipinski definition) is 6. The molecule has 1 aromatic carbocycles. The molecule has 0 saturated carbocycles. The molecule has 1 atom stereocenters. The van der Waals surface area contributed by atoms with Gasteiger partial charge in [-0.05, 0) is 36.8 Å². The Kier molecular flexibility index (Phi) is 5.28. The summed E-state index contributed by atoms with van der Waals surface area (Å²) in [6, 6.07) is 5.89. The molecule has 0 bridgehead atoms. The van der Waals surface area contributed by atoms with Gasteiger partial charge in [-0.15, -0.1) is 0 Å². The summed E-state index contributed by atoms with van der Waals surface area (Å²) in [6.07, 6.45) is 2.38. The lowest BCUT2D eigenvalue weighted by atomic mass is 10.1. The second kappa shape index (κ2) is 8.05. The minimum atomic E-state index is -1.06. The molecule has 2 aromatic heterocycles. The van der Waals surface area contributed by atoms with E-state index >= 15 is 0 Å². The van der Waals surface area contributed by atoms with E-state index in [1.807, 2.05) is 0 Å². The van der Waals surface area contributed by atoms with Crippen molar-refractivity contribution in [3.05, 3.63) is 65.7 Å². The van der Waals surface area contributed by atoms with Gasteiger partial charge in [0.2, 0.25) is 5.82 Å². The number of likely N-dealkylation sites (N-methyl/N-ethyl adjacent to an activating group) is 1. The molecule has 0 fully saturated rings. The molecule has 1 aliphatic rings. The molecule has 0 unspecified atom stereocenters. The van der Waals surface area contributed by atoms with Gasteiger partial charge in [-0.3, -0.25) is 14.5 Å². The van der Waals surface area contributed by atoms with Crippen LogP contribution >= 0.6 is 0 Å². The van der Waals surface area contributed by atoms with Gasteiger partial charge in [-0.1, -0.05) is 0 Å². The molecular formula is C21H17F2N5O3. The molecule has 3 aromatic rings. The molecule has 0 aliphatic carbocycles. The molecular weight excluding hydrogens is 408 g/mol. The Bertz CT molecular complexity index is 1190. The van der Waals surface area contributed by atoms with E-state index in [-0.39, 0.29) is 29.8 Å². The molecule has 10 heteroatoms. The average Bonchev–Trinajstić information content (AvgIpc) is 2.85. The summed E-state index contributed by atoms with van der Waals surface area (Å²) < 4.78 is 32.3. The van der Waals surface area contributed by atoms with Crippen molar-refractivity contribution < 1.29 is 23.1 Å². The summed E-state index contributed by atoms with van der Waals surface area (Å²) in [4.78, 5) is 38.8. The summed E-state index contributed by atoms with van der Waals surface area (Å²) in [7, 11) is 1.45. The van der Waals surface area contributed by atoms with Crippen molar-refractivity contribution in [2.24, 2.45) is 0 Å². The number of benzene rings is 1. The number of aryl methyl sites for hydroxylation is 1. The van der Waals surface area contributed by atoms with Gasteiger partial charge in [-0.25, -0.2) is 23.7 Å². The molecule has 31 heavy (non-hydrogen) atoms. The fraction of sp³-hybridized carbons (Fsp3) is 0.190. The predicted octanol–water partition coefficient (Wildman–Crippen LogP) is 2.28. The van der Waals surface area contributed by atoms with Gasteiger partial charge in [0, 0.05) is 24.9 Å². The smallest absolute Gasteiger partial charge is 0.289 e. The minimum absolute atomic E-state index is 0.0950. The van der Waals surface area contributed by atoms with Crippen molar-refractivity contribution in [1.82, 2.24) is 20.3 Å². The Morgan fingerprint density at radius 2 is 2.00 bits per heavy atom. The Labute approximate surface area is 175 Å². The normalized spacial score (nSPS) is 15.7. The number of hydrogen-bond donors (Lipinski definition) is 1. The highest BCUT2D eigenvalue weighted by Gasteiger charge is 2.32. The molecule has 1 N–H and O–H groups in total. The zero-order chi connectivity index (χ0) is 22.1. The lowest BCUT2D eigenvalue weighted by Gasteiger charge is -2.19. The zero-order valence-corrected chi connectivity index (χ0v) is 16.6. The van der Waals surface area contributed by atoms with Crippen LogP contribution in [0.2, 0.25) is 0 Å². The van der Waals surface area contributed by atoms with Crippen molar-refractivity contribution in [3.63, 3.8) is 0 Å². The van der Waals surface area contributed by atoms with Crippen LogP contribution < -0.4 is 15.0 Å². The molecule has 0 spiro atoms. The maximum atomic E-state index is 13.5. The Balaban J connectivity index is 1.55. The maximum Gasteiger partial charge on any atom is 0.289 e. The van der Waals surface area contributed by atoms with E-state index in [0.717, 1.165) is 12.3 Å². The third-order valence-corrected chi connectivity index (χ3v) is 4.78. The number of amides is 2. The van der Waals surface area contributed by atoms with Crippen molar-refractivity contribution in [1.29, 1.82) is 0 Å². The van der Waals surface area contributed by atoms with Crippen LogP contribution in [0, 0.1) is 18.6 Å². The lowest BCUT2D eigenvalue weighted by molar-refractivity contribution is -0.120. The zero-order valence-electron chi connectivity index (χ0n) is 16.6. The van der Waals surface area contributed by atoms with E-state index in [1.165, 1.54) is 30.3 Å². The Morgan fingerprint density at radius 1 is 1.19 bits per heavy atom. The number of nitrogens with zero attached hydrogens (tertiary/aromatic N) is 4. The van der Waals surface area contributed by atoms with Crippen molar-refractivity contribution >= 4 is 17.6 Å². The molecule has 0 radical (unpaired) electrons. The fourth-order valence-corrected chi connectivity index (χ4v) is 3.21. The van der Waals surface area contributed by atoms with Crippen LogP contribution in [0.4, 0.5) is 14.6 Å². The topological polar surface area (TPSA) is 97.3 Å². The second-order valence-electron chi connectivity index (χ2n) is 6.93. The summed E-state index contributed by atoms with van der Waals surface area (Å²) in [5, 5.41) is 2.55. The van der Waals surface area contributed by atoms with Gasteiger partial charge in [0.1, 0.15) is 24.3 Å². The quantitative estimate of drug-likeness (QED) is 0.692. The monoisotopic (exact) mass is 425 g/mol. The van der Waals surface area contributed by atoms with Crippen molar-refractivity contribution in [2.45, 2.75) is 13.0 Å². The first-order chi connectivity index (χ1) is 14.8. The Hall–Kier alpha value is -3.95. The van der Waals surface area contributed by atoms with E-state index in [4.69, 9.17) is 4.74 Å². The number of rotatable bonds is 3. The molecule has 158 valence electrons. The highest BCUT2D eigenvalue weighted by atomic mass is 19.1. The van der Waals surface area contributed by atoms with E-state index < -0.39 is 23.7 Å². The van der Waals surface area contributed by atoms with Crippen LogP contribution in [-0.4, -0.2) is 46.5 Å². The molecule has 8 nitrogen and oxygen atoms in total. The second-order valence-corrected chi connectivity index (χ2v) is 6.93. The van der Waals surface area contributed by atoms with Gasteiger partial charge in [0.25, 0.3) is 11.8 Å². The summed E-state index contributed by atoms with van der Waals surface area (Å²) >= 11 is 0. The summed E-state index contributed by atoms with van der Waals surface area (Å²) in [5.41, 5.74) is 1.73. The fourth-order valence-electron chi connectivity index (χ4n) is 3.21. The van der Waals surface area contributed by atoms with Gasteiger partial charge in [0.15, 0.2) is 11.6 Å². The first-order valence-corrected chi connectivity index (χ1v) is 9.30. The van der Waals surface area contributed by atoms with Gasteiger partial charge < -0.3 is 10.1 Å². The number of aromatic nitrogens is 3. The minimum Gasteiger partial charge on any atom is -0.487 e. The van der Waals surface area contributed by atoms with Crippen LogP contribution in [0.25, 0.3) is 11.3 Å². The highest BCUT2D eigenvalue weighted by Crippen LogP contribution is 2.28. The third kappa shape index (κ3) is 4.04. The number of carbonyl (C=O) groups is 2. The van der Waals surface area contributed by atoms with E-state index in [0.29, 0.717) is 16.8 Å². The molecule has 2 amide bonds. The highest BCUT2D eigenvalue weighted by molar-refractivity contribution is 6.01. The molecule has 0 saturated heterocycles. The number of fused-ring (bicyclic) bond motifs is 1. The number of pyridine rings is 1. The van der Waals surface area contributed by atoms with Crippen LogP contribution in [0.15, 0.2) is 42.7 Å². The van der Waals surface area contributed by atoms with Crippen LogP contribution in [-0.2, 0) is 4.79 Å². The first kappa shape index (κ1) is 20.3.